The summed E-state index contributed by atoms with van der Waals surface area (Å²) in [5.41, 5.74) is 5.17. The van der Waals surface area contributed by atoms with Gasteiger partial charge in [0.15, 0.2) is 8.03 Å². The fourth-order valence-corrected chi connectivity index (χ4v) is 1.83. The molecule has 3 unspecified atom stereocenters. The van der Waals surface area contributed by atoms with Gasteiger partial charge in [0.05, 0.1) is 5.92 Å². The van der Waals surface area contributed by atoms with E-state index in [2.05, 4.69) is 0 Å². The van der Waals surface area contributed by atoms with E-state index in [9.17, 15) is 14.2 Å². The van der Waals surface area contributed by atoms with Gasteiger partial charge < -0.3 is 20.8 Å². The summed E-state index contributed by atoms with van der Waals surface area (Å²) in [5.74, 6) is -3.43. The molecule has 0 aliphatic heterocycles. The van der Waals surface area contributed by atoms with E-state index < -0.39 is 31.9 Å². The number of hydrogen-bond donors (Lipinski definition) is 4. The molecule has 3 atom stereocenters. The molecule has 0 fully saturated rings. The zero-order valence-electron chi connectivity index (χ0n) is 7.92. The lowest BCUT2D eigenvalue weighted by Gasteiger charge is -2.11. The van der Waals surface area contributed by atoms with E-state index in [1.54, 1.807) is 0 Å². The molecule has 0 radical (unpaired) electrons. The highest BCUT2D eigenvalue weighted by molar-refractivity contribution is 7.38. The molecule has 0 saturated heterocycles. The Morgan fingerprint density at radius 2 is 1.73 bits per heavy atom. The first-order valence-electron chi connectivity index (χ1n) is 4.27. The van der Waals surface area contributed by atoms with E-state index in [0.29, 0.717) is 0 Å². The van der Waals surface area contributed by atoms with Gasteiger partial charge in [0.1, 0.15) is 6.04 Å². The van der Waals surface area contributed by atoms with Crippen LogP contribution in [-0.4, -0.2) is 39.2 Å². The van der Waals surface area contributed by atoms with Crippen molar-refractivity contribution in [1.29, 1.82) is 0 Å². The molecule has 0 aliphatic rings. The molecule has 7 nitrogen and oxygen atoms in total. The van der Waals surface area contributed by atoms with Crippen molar-refractivity contribution in [3.8, 4) is 0 Å². The first-order valence-corrected chi connectivity index (χ1v) is 5.83. The molecule has 8 heteroatoms. The van der Waals surface area contributed by atoms with Gasteiger partial charge in [0, 0.05) is 6.16 Å². The van der Waals surface area contributed by atoms with Crippen molar-refractivity contribution in [3.05, 3.63) is 0 Å². The third kappa shape index (κ3) is 6.22. The molecule has 0 aliphatic carbocycles. The van der Waals surface area contributed by atoms with Crippen molar-refractivity contribution in [3.63, 3.8) is 0 Å². The van der Waals surface area contributed by atoms with Crippen LogP contribution in [0.3, 0.4) is 0 Å². The van der Waals surface area contributed by atoms with Crippen molar-refractivity contribution < 1.29 is 29.3 Å². The Morgan fingerprint density at radius 1 is 1.20 bits per heavy atom. The van der Waals surface area contributed by atoms with Crippen LogP contribution in [-0.2, 0) is 14.2 Å². The Balaban J connectivity index is 4.13. The highest BCUT2D eigenvalue weighted by atomic mass is 31.1. The number of carboxylic acids is 2. The summed E-state index contributed by atoms with van der Waals surface area (Å²) in [4.78, 5) is 29.5. The SMILES string of the molecule is NC(CCC(C[PH](=O)O)C(=O)O)C(=O)O. The van der Waals surface area contributed by atoms with Crippen molar-refractivity contribution in [1.82, 2.24) is 0 Å². The summed E-state index contributed by atoms with van der Waals surface area (Å²) in [6.45, 7) is 0. The maximum atomic E-state index is 10.6. The fraction of sp³-hybridized carbons (Fsp3) is 0.714. The van der Waals surface area contributed by atoms with Crippen molar-refractivity contribution in [2.45, 2.75) is 18.9 Å². The van der Waals surface area contributed by atoms with Crippen LogP contribution in [0.5, 0.6) is 0 Å². The molecule has 88 valence electrons. The van der Waals surface area contributed by atoms with Gasteiger partial charge in [-0.25, -0.2) is 0 Å². The average Bonchev–Trinajstić information content (AvgIpc) is 2.10. The molecule has 0 rings (SSSR count). The van der Waals surface area contributed by atoms with Crippen LogP contribution in [0.2, 0.25) is 0 Å². The first-order chi connectivity index (χ1) is 6.84. The van der Waals surface area contributed by atoms with E-state index in [0.717, 1.165) is 0 Å². The van der Waals surface area contributed by atoms with Gasteiger partial charge in [-0.05, 0) is 12.8 Å². The van der Waals surface area contributed by atoms with Gasteiger partial charge in [0.25, 0.3) is 0 Å². The highest BCUT2D eigenvalue weighted by Gasteiger charge is 2.22. The van der Waals surface area contributed by atoms with Gasteiger partial charge in [-0.15, -0.1) is 0 Å². The summed E-state index contributed by atoms with van der Waals surface area (Å²) < 4.78 is 10.5. The maximum absolute atomic E-state index is 10.6. The number of nitrogens with two attached hydrogens (primary N) is 1. The monoisotopic (exact) mass is 239 g/mol. The molecule has 15 heavy (non-hydrogen) atoms. The molecule has 0 aromatic carbocycles. The molecule has 0 aromatic heterocycles. The number of carbonyl (C=O) groups is 2. The van der Waals surface area contributed by atoms with E-state index >= 15 is 0 Å². The van der Waals surface area contributed by atoms with E-state index in [-0.39, 0.29) is 19.0 Å². The van der Waals surface area contributed by atoms with Crippen LogP contribution >= 0.6 is 8.03 Å². The van der Waals surface area contributed by atoms with Crippen molar-refractivity contribution in [2.75, 3.05) is 6.16 Å². The minimum atomic E-state index is -2.86. The average molecular weight is 239 g/mol. The lowest BCUT2D eigenvalue weighted by Crippen LogP contribution is -2.31. The molecule has 0 spiro atoms. The predicted octanol–water partition coefficient (Wildman–Crippen LogP) is -0.654. The third-order valence-electron chi connectivity index (χ3n) is 1.91. The van der Waals surface area contributed by atoms with E-state index in [4.69, 9.17) is 20.8 Å². The quantitative estimate of drug-likeness (QED) is 0.433. The van der Waals surface area contributed by atoms with Crippen LogP contribution < -0.4 is 5.73 Å². The molecule has 0 heterocycles. The Bertz CT molecular complexity index is 268. The minimum absolute atomic E-state index is 0.0141. The Morgan fingerprint density at radius 3 is 2.07 bits per heavy atom. The van der Waals surface area contributed by atoms with Crippen LogP contribution in [0.25, 0.3) is 0 Å². The number of rotatable bonds is 7. The molecule has 5 N–H and O–H groups in total. The van der Waals surface area contributed by atoms with Gasteiger partial charge in [0.2, 0.25) is 0 Å². The molecular weight excluding hydrogens is 225 g/mol. The Labute approximate surface area is 86.8 Å². The highest BCUT2D eigenvalue weighted by Crippen LogP contribution is 2.22. The van der Waals surface area contributed by atoms with E-state index in [1.165, 1.54) is 0 Å². The summed E-state index contributed by atoms with van der Waals surface area (Å²) in [5, 5.41) is 17.1. The lowest BCUT2D eigenvalue weighted by molar-refractivity contribution is -0.142. The topological polar surface area (TPSA) is 138 Å². The smallest absolute Gasteiger partial charge is 0.320 e. The maximum Gasteiger partial charge on any atom is 0.320 e. The van der Waals surface area contributed by atoms with E-state index in [1.807, 2.05) is 0 Å². The van der Waals surface area contributed by atoms with Crippen LogP contribution in [0.4, 0.5) is 0 Å². The number of hydrogen-bond acceptors (Lipinski definition) is 4. The standard InChI is InChI=1S/C7H14NO6P/c8-5(7(11)12)2-1-4(6(9)10)3-15(13)14/h4-5,15H,1-3,8H2,(H,9,10)(H,11,12)(H,13,14). The van der Waals surface area contributed by atoms with Crippen molar-refractivity contribution in [2.24, 2.45) is 11.7 Å². The number of carboxylic acid groups (broad SMARTS) is 2. The van der Waals surface area contributed by atoms with Crippen LogP contribution in [0.15, 0.2) is 0 Å². The normalized spacial score (nSPS) is 16.7. The van der Waals surface area contributed by atoms with Gasteiger partial charge >= 0.3 is 11.9 Å². The van der Waals surface area contributed by atoms with Gasteiger partial charge in [-0.1, -0.05) is 0 Å². The first kappa shape index (κ1) is 14.1. The minimum Gasteiger partial charge on any atom is -0.481 e. The summed E-state index contributed by atoms with van der Waals surface area (Å²) >= 11 is 0. The molecule has 0 amide bonds. The second kappa shape index (κ2) is 6.55. The molecular formula is C7H14NO6P. The Hall–Kier alpha value is -0.910. The predicted molar refractivity (Wildman–Crippen MR) is 52.1 cm³/mol. The van der Waals surface area contributed by atoms with Crippen LogP contribution in [0, 0.1) is 5.92 Å². The second-order valence-corrected chi connectivity index (χ2v) is 4.35. The lowest BCUT2D eigenvalue weighted by atomic mass is 10.0. The zero-order valence-corrected chi connectivity index (χ0v) is 8.92. The zero-order chi connectivity index (χ0) is 12.0. The third-order valence-corrected chi connectivity index (χ3v) is 2.76. The number of aliphatic carboxylic acids is 2. The van der Waals surface area contributed by atoms with Gasteiger partial charge in [-0.3, -0.25) is 14.2 Å². The fourth-order valence-electron chi connectivity index (χ4n) is 1.03. The summed E-state index contributed by atoms with van der Waals surface area (Å²) in [6.07, 6.45) is -0.381. The van der Waals surface area contributed by atoms with Crippen LogP contribution in [0.1, 0.15) is 12.8 Å². The second-order valence-electron chi connectivity index (χ2n) is 3.16. The largest absolute Gasteiger partial charge is 0.481 e. The summed E-state index contributed by atoms with van der Waals surface area (Å²) in [7, 11) is -2.86. The molecule has 0 saturated carbocycles. The molecule has 0 aromatic rings. The van der Waals surface area contributed by atoms with Crippen molar-refractivity contribution >= 4 is 20.0 Å². The molecule has 0 bridgehead atoms. The summed E-state index contributed by atoms with van der Waals surface area (Å²) in [6, 6.07) is -1.13. The Kier molecular flexibility index (Phi) is 6.15. The van der Waals surface area contributed by atoms with Gasteiger partial charge in [-0.2, -0.15) is 0 Å².